The quantitative estimate of drug-likeness (QED) is 0.193. The first-order valence-electron chi connectivity index (χ1n) is 10.3. The first kappa shape index (κ1) is 24.1. The summed E-state index contributed by atoms with van der Waals surface area (Å²) in [5.74, 6) is 1.76. The SMILES string of the molecule is CCc1cc(OCC=C(Cl)Cl)cc(CC)c1OCCCCON=Cc1ccccc1. The minimum Gasteiger partial charge on any atom is -0.493 e. The maximum absolute atomic E-state index is 6.12. The summed E-state index contributed by atoms with van der Waals surface area (Å²) in [7, 11) is 0. The normalized spacial score (nSPS) is 10.8. The van der Waals surface area contributed by atoms with Gasteiger partial charge >= 0.3 is 0 Å². The van der Waals surface area contributed by atoms with Gasteiger partial charge in [-0.1, -0.05) is 72.5 Å². The van der Waals surface area contributed by atoms with E-state index in [4.69, 9.17) is 37.5 Å². The molecule has 0 amide bonds. The average molecular weight is 450 g/mol. The highest BCUT2D eigenvalue weighted by molar-refractivity contribution is 6.55. The number of ether oxygens (including phenoxy) is 2. The maximum Gasteiger partial charge on any atom is 0.125 e. The molecular formula is C24H29Cl2NO3. The fraction of sp³-hybridized carbons (Fsp3) is 0.375. The number of nitrogens with zero attached hydrogens (tertiary/aromatic N) is 1. The number of benzene rings is 2. The molecule has 2 aromatic rings. The molecule has 0 aliphatic carbocycles. The Morgan fingerprint density at radius 3 is 2.23 bits per heavy atom. The third-order valence-electron chi connectivity index (χ3n) is 4.42. The van der Waals surface area contributed by atoms with Gasteiger partial charge in [0, 0.05) is 0 Å². The molecule has 0 saturated carbocycles. The molecule has 30 heavy (non-hydrogen) atoms. The minimum absolute atomic E-state index is 0.205. The molecule has 2 rings (SSSR count). The first-order valence-corrected chi connectivity index (χ1v) is 11.0. The van der Waals surface area contributed by atoms with Crippen LogP contribution in [-0.2, 0) is 17.7 Å². The zero-order valence-electron chi connectivity index (χ0n) is 17.6. The van der Waals surface area contributed by atoms with Gasteiger partial charge in [0.25, 0.3) is 0 Å². The van der Waals surface area contributed by atoms with Gasteiger partial charge in [-0.3, -0.25) is 0 Å². The molecule has 0 saturated heterocycles. The van der Waals surface area contributed by atoms with Gasteiger partial charge in [0.1, 0.15) is 29.2 Å². The van der Waals surface area contributed by atoms with Crippen LogP contribution in [0, 0.1) is 0 Å². The topological polar surface area (TPSA) is 40.0 Å². The Hall–Kier alpha value is -2.17. The molecule has 0 unspecified atom stereocenters. The van der Waals surface area contributed by atoms with E-state index in [1.807, 2.05) is 42.5 Å². The van der Waals surface area contributed by atoms with E-state index in [-0.39, 0.29) is 4.49 Å². The Morgan fingerprint density at radius 2 is 1.60 bits per heavy atom. The third kappa shape index (κ3) is 8.68. The third-order valence-corrected chi connectivity index (χ3v) is 4.73. The molecule has 0 spiro atoms. The van der Waals surface area contributed by atoms with Crippen LogP contribution in [0.5, 0.6) is 11.5 Å². The molecule has 0 N–H and O–H groups in total. The summed E-state index contributed by atoms with van der Waals surface area (Å²) >= 11 is 11.3. The Bertz CT molecular complexity index is 793. The van der Waals surface area contributed by atoms with Crippen molar-refractivity contribution in [2.45, 2.75) is 39.5 Å². The van der Waals surface area contributed by atoms with Crippen LogP contribution in [0.2, 0.25) is 0 Å². The van der Waals surface area contributed by atoms with Crippen LogP contribution in [0.3, 0.4) is 0 Å². The van der Waals surface area contributed by atoms with Crippen LogP contribution in [0.1, 0.15) is 43.4 Å². The Labute approximate surface area is 189 Å². The van der Waals surface area contributed by atoms with Crippen molar-refractivity contribution in [3.63, 3.8) is 0 Å². The number of oxime groups is 1. The van der Waals surface area contributed by atoms with Crippen LogP contribution >= 0.6 is 23.2 Å². The lowest BCUT2D eigenvalue weighted by atomic mass is 10.0. The molecule has 6 heteroatoms. The number of halogens is 2. The Morgan fingerprint density at radius 1 is 0.933 bits per heavy atom. The molecule has 0 bridgehead atoms. The molecule has 4 nitrogen and oxygen atoms in total. The summed E-state index contributed by atoms with van der Waals surface area (Å²) in [6.45, 7) is 5.76. The predicted molar refractivity (Wildman–Crippen MR) is 125 cm³/mol. The minimum atomic E-state index is 0.205. The molecule has 0 heterocycles. The number of hydrogen-bond donors (Lipinski definition) is 0. The van der Waals surface area contributed by atoms with Crippen molar-refractivity contribution in [1.82, 2.24) is 0 Å². The number of rotatable bonds is 13. The summed E-state index contributed by atoms with van der Waals surface area (Å²) in [4.78, 5) is 5.32. The smallest absolute Gasteiger partial charge is 0.125 e. The molecule has 0 aliphatic rings. The first-order chi connectivity index (χ1) is 14.6. The van der Waals surface area contributed by atoms with E-state index in [9.17, 15) is 0 Å². The zero-order chi connectivity index (χ0) is 21.6. The summed E-state index contributed by atoms with van der Waals surface area (Å²) in [6, 6.07) is 13.9. The maximum atomic E-state index is 6.12. The summed E-state index contributed by atoms with van der Waals surface area (Å²) in [5, 5.41) is 4.00. The van der Waals surface area contributed by atoms with Crippen LogP contribution < -0.4 is 9.47 Å². The summed E-state index contributed by atoms with van der Waals surface area (Å²) in [5.41, 5.74) is 3.29. The second kappa shape index (κ2) is 13.9. The van der Waals surface area contributed by atoms with Crippen LogP contribution in [0.25, 0.3) is 0 Å². The van der Waals surface area contributed by atoms with Crippen molar-refractivity contribution >= 4 is 29.4 Å². The van der Waals surface area contributed by atoms with Crippen molar-refractivity contribution in [3.8, 4) is 11.5 Å². The lowest BCUT2D eigenvalue weighted by molar-refractivity contribution is 0.137. The van der Waals surface area contributed by atoms with E-state index in [2.05, 4.69) is 19.0 Å². The number of unbranched alkanes of at least 4 members (excludes halogenated alkanes) is 1. The van der Waals surface area contributed by atoms with Crippen molar-refractivity contribution in [2.24, 2.45) is 5.16 Å². The Balaban J connectivity index is 1.79. The van der Waals surface area contributed by atoms with Crippen LogP contribution in [0.4, 0.5) is 0 Å². The van der Waals surface area contributed by atoms with Crippen molar-refractivity contribution in [3.05, 3.63) is 69.7 Å². The second-order valence-corrected chi connectivity index (χ2v) is 7.62. The molecule has 2 aromatic carbocycles. The fourth-order valence-electron chi connectivity index (χ4n) is 2.85. The van der Waals surface area contributed by atoms with Gasteiger partial charge in [-0.15, -0.1) is 0 Å². The molecule has 0 aromatic heterocycles. The second-order valence-electron chi connectivity index (χ2n) is 6.62. The van der Waals surface area contributed by atoms with E-state index in [1.54, 1.807) is 12.3 Å². The molecule has 0 radical (unpaired) electrons. The Kier molecular flexibility index (Phi) is 11.2. The number of aryl methyl sites for hydroxylation is 2. The standard InChI is InChI=1S/C24H29Cl2NO3/c1-3-20-16-22(28-15-12-23(25)26)17-21(4-2)24(20)29-13-8-9-14-30-27-18-19-10-6-5-7-11-19/h5-7,10-12,16-18H,3-4,8-9,13-15H2,1-2H3. The molecular weight excluding hydrogens is 421 g/mol. The summed E-state index contributed by atoms with van der Waals surface area (Å²) < 4.78 is 12.1. The van der Waals surface area contributed by atoms with Gasteiger partial charge < -0.3 is 14.3 Å². The van der Waals surface area contributed by atoms with Gasteiger partial charge in [0.15, 0.2) is 0 Å². The van der Waals surface area contributed by atoms with Crippen molar-refractivity contribution < 1.29 is 14.3 Å². The zero-order valence-corrected chi connectivity index (χ0v) is 19.1. The van der Waals surface area contributed by atoms with Gasteiger partial charge in [-0.05, 0) is 60.6 Å². The number of hydrogen-bond acceptors (Lipinski definition) is 4. The molecule has 162 valence electrons. The lowest BCUT2D eigenvalue weighted by Crippen LogP contribution is -2.05. The highest BCUT2D eigenvalue weighted by Crippen LogP contribution is 2.31. The molecule has 0 fully saturated rings. The van der Waals surface area contributed by atoms with Crippen LogP contribution in [-0.4, -0.2) is 26.0 Å². The monoisotopic (exact) mass is 449 g/mol. The van der Waals surface area contributed by atoms with Crippen molar-refractivity contribution in [1.29, 1.82) is 0 Å². The van der Waals surface area contributed by atoms with E-state index in [0.29, 0.717) is 19.8 Å². The summed E-state index contributed by atoms with van der Waals surface area (Å²) in [6.07, 6.45) is 6.84. The van der Waals surface area contributed by atoms with Crippen molar-refractivity contribution in [2.75, 3.05) is 19.8 Å². The van der Waals surface area contributed by atoms with E-state index in [1.165, 1.54) is 0 Å². The average Bonchev–Trinajstić information content (AvgIpc) is 2.76. The molecule has 0 atom stereocenters. The van der Waals surface area contributed by atoms with Gasteiger partial charge in [-0.25, -0.2) is 0 Å². The van der Waals surface area contributed by atoms with Gasteiger partial charge in [0.05, 0.1) is 12.8 Å². The highest BCUT2D eigenvalue weighted by Gasteiger charge is 2.11. The van der Waals surface area contributed by atoms with E-state index < -0.39 is 0 Å². The molecule has 0 aliphatic heterocycles. The fourth-order valence-corrected chi connectivity index (χ4v) is 2.98. The highest BCUT2D eigenvalue weighted by atomic mass is 35.5. The predicted octanol–water partition coefficient (Wildman–Crippen LogP) is 6.72. The lowest BCUT2D eigenvalue weighted by Gasteiger charge is -2.17. The van der Waals surface area contributed by atoms with Crippen LogP contribution in [0.15, 0.2) is 58.2 Å². The largest absolute Gasteiger partial charge is 0.493 e. The van der Waals surface area contributed by atoms with E-state index >= 15 is 0 Å². The van der Waals surface area contributed by atoms with Gasteiger partial charge in [0.2, 0.25) is 0 Å². The van der Waals surface area contributed by atoms with E-state index in [0.717, 1.165) is 53.9 Å². The van der Waals surface area contributed by atoms with Gasteiger partial charge in [-0.2, -0.15) is 0 Å².